The average Bonchev–Trinajstić information content (AvgIpc) is 2.28. The molecule has 6 heteroatoms. The molecule has 1 aliphatic heterocycles. The van der Waals surface area contributed by atoms with Crippen LogP contribution >= 0.6 is 0 Å². The Hall–Kier alpha value is -1.14. The van der Waals surface area contributed by atoms with Gasteiger partial charge in [0.1, 0.15) is 0 Å². The van der Waals surface area contributed by atoms with Crippen molar-refractivity contribution in [2.45, 2.75) is 25.8 Å². The van der Waals surface area contributed by atoms with E-state index in [9.17, 15) is 9.59 Å². The lowest BCUT2D eigenvalue weighted by Gasteiger charge is -2.32. The Labute approximate surface area is 108 Å². The summed E-state index contributed by atoms with van der Waals surface area (Å²) in [6.45, 7) is 7.00. The molecule has 0 radical (unpaired) electrons. The lowest BCUT2D eigenvalue weighted by molar-refractivity contribution is -0.132. The number of hydrogen-bond donors (Lipinski definition) is 2. The Morgan fingerprint density at radius 1 is 1.22 bits per heavy atom. The van der Waals surface area contributed by atoms with E-state index in [4.69, 9.17) is 5.73 Å². The molecule has 0 aromatic rings. The molecule has 0 bridgehead atoms. The van der Waals surface area contributed by atoms with Crippen LogP contribution in [0.25, 0.3) is 0 Å². The molecule has 1 aliphatic rings. The van der Waals surface area contributed by atoms with Crippen LogP contribution in [0, 0.1) is 0 Å². The zero-order valence-corrected chi connectivity index (χ0v) is 11.5. The van der Waals surface area contributed by atoms with Crippen molar-refractivity contribution in [2.24, 2.45) is 5.73 Å². The fraction of sp³-hybridized carbons (Fsp3) is 0.833. The lowest BCUT2D eigenvalue weighted by atomic mass is 10.1. The van der Waals surface area contributed by atoms with Gasteiger partial charge in [-0.05, 0) is 20.9 Å². The highest BCUT2D eigenvalue weighted by Gasteiger charge is 2.22. The summed E-state index contributed by atoms with van der Waals surface area (Å²) >= 11 is 0. The van der Waals surface area contributed by atoms with Gasteiger partial charge in [0.25, 0.3) is 0 Å². The van der Waals surface area contributed by atoms with Crippen LogP contribution in [0.5, 0.6) is 0 Å². The second kappa shape index (κ2) is 6.15. The molecule has 1 saturated heterocycles. The van der Waals surface area contributed by atoms with Crippen LogP contribution < -0.4 is 11.1 Å². The largest absolute Gasteiger partial charge is 0.354 e. The van der Waals surface area contributed by atoms with Gasteiger partial charge in [-0.15, -0.1) is 0 Å². The van der Waals surface area contributed by atoms with E-state index in [0.29, 0.717) is 13.0 Å². The van der Waals surface area contributed by atoms with E-state index in [1.807, 2.05) is 11.9 Å². The summed E-state index contributed by atoms with van der Waals surface area (Å²) in [5.41, 5.74) is 4.75. The molecule has 18 heavy (non-hydrogen) atoms. The normalized spacial score (nSPS) is 17.7. The van der Waals surface area contributed by atoms with Gasteiger partial charge in [-0.2, -0.15) is 0 Å². The fourth-order valence-electron chi connectivity index (χ4n) is 1.72. The second-order valence-electron chi connectivity index (χ2n) is 5.41. The molecule has 0 aliphatic carbocycles. The number of nitrogens with one attached hydrogen (secondary N) is 1. The van der Waals surface area contributed by atoms with Crippen LogP contribution in [-0.4, -0.2) is 66.9 Å². The number of hydrogen-bond acceptors (Lipinski definition) is 4. The van der Waals surface area contributed by atoms with E-state index in [2.05, 4.69) is 10.2 Å². The third kappa shape index (κ3) is 4.62. The average molecular weight is 256 g/mol. The predicted octanol–water partition coefficient (Wildman–Crippen LogP) is -0.996. The molecule has 0 spiro atoms. The zero-order valence-electron chi connectivity index (χ0n) is 11.5. The van der Waals surface area contributed by atoms with Crippen molar-refractivity contribution < 1.29 is 9.59 Å². The first-order valence-corrected chi connectivity index (χ1v) is 6.34. The molecule has 0 atom stereocenters. The minimum absolute atomic E-state index is 0.0956. The number of piperazine rings is 1. The summed E-state index contributed by atoms with van der Waals surface area (Å²) in [5.74, 6) is -0.132. The lowest BCUT2D eigenvalue weighted by Crippen LogP contribution is -2.50. The van der Waals surface area contributed by atoms with Gasteiger partial charge in [0.2, 0.25) is 11.8 Å². The van der Waals surface area contributed by atoms with E-state index in [1.54, 1.807) is 13.8 Å². The van der Waals surface area contributed by atoms with Crippen molar-refractivity contribution in [3.8, 4) is 0 Å². The molecule has 2 amide bonds. The van der Waals surface area contributed by atoms with Crippen molar-refractivity contribution in [1.82, 2.24) is 15.1 Å². The topological polar surface area (TPSA) is 78.7 Å². The quantitative estimate of drug-likeness (QED) is 0.676. The molecule has 1 heterocycles. The Kier molecular flexibility index (Phi) is 5.10. The molecule has 6 nitrogen and oxygen atoms in total. The van der Waals surface area contributed by atoms with Gasteiger partial charge < -0.3 is 20.9 Å². The number of likely N-dealkylation sites (N-methyl/N-ethyl adjacent to an activating group) is 1. The van der Waals surface area contributed by atoms with E-state index in [0.717, 1.165) is 26.2 Å². The number of nitrogens with two attached hydrogens (primary N) is 1. The van der Waals surface area contributed by atoms with Gasteiger partial charge in [-0.3, -0.25) is 9.59 Å². The van der Waals surface area contributed by atoms with Crippen molar-refractivity contribution in [2.75, 3.05) is 39.8 Å². The first kappa shape index (κ1) is 14.9. The van der Waals surface area contributed by atoms with Crippen LogP contribution in [0.15, 0.2) is 0 Å². The van der Waals surface area contributed by atoms with E-state index < -0.39 is 5.54 Å². The molecular weight excluding hydrogens is 232 g/mol. The van der Waals surface area contributed by atoms with Crippen LogP contribution in [0.3, 0.4) is 0 Å². The molecule has 0 unspecified atom stereocenters. The van der Waals surface area contributed by atoms with E-state index in [-0.39, 0.29) is 11.8 Å². The van der Waals surface area contributed by atoms with Crippen molar-refractivity contribution >= 4 is 11.8 Å². The van der Waals surface area contributed by atoms with Gasteiger partial charge in [-0.25, -0.2) is 0 Å². The molecule has 1 rings (SSSR count). The number of amides is 2. The van der Waals surface area contributed by atoms with Crippen LogP contribution in [0.4, 0.5) is 0 Å². The Morgan fingerprint density at radius 2 is 1.78 bits per heavy atom. The number of rotatable bonds is 4. The number of nitrogens with zero attached hydrogens (tertiary/aromatic N) is 2. The summed E-state index contributed by atoms with van der Waals surface area (Å²) in [6, 6.07) is 0. The van der Waals surface area contributed by atoms with Gasteiger partial charge in [0, 0.05) is 39.1 Å². The minimum Gasteiger partial charge on any atom is -0.354 e. The maximum absolute atomic E-state index is 11.9. The van der Waals surface area contributed by atoms with E-state index >= 15 is 0 Å². The monoisotopic (exact) mass is 256 g/mol. The maximum Gasteiger partial charge on any atom is 0.239 e. The Bertz CT molecular complexity index is 304. The minimum atomic E-state index is -0.892. The first-order valence-electron chi connectivity index (χ1n) is 6.34. The standard InChI is InChI=1S/C12H24N4O2/c1-12(2,13)11(18)14-5-4-10(17)16-8-6-15(3)7-9-16/h4-9,13H2,1-3H3,(H,14,18). The summed E-state index contributed by atoms with van der Waals surface area (Å²) in [5, 5.41) is 2.68. The number of carbonyl (C=O) groups is 2. The highest BCUT2D eigenvalue weighted by molar-refractivity contribution is 5.85. The van der Waals surface area contributed by atoms with E-state index in [1.165, 1.54) is 0 Å². The second-order valence-corrected chi connectivity index (χ2v) is 5.41. The van der Waals surface area contributed by atoms with Crippen LogP contribution in [-0.2, 0) is 9.59 Å². The fourth-order valence-corrected chi connectivity index (χ4v) is 1.72. The SMILES string of the molecule is CN1CCN(C(=O)CCNC(=O)C(C)(C)N)CC1. The van der Waals surface area contributed by atoms with Gasteiger partial charge in [-0.1, -0.05) is 0 Å². The molecule has 1 fully saturated rings. The van der Waals surface area contributed by atoms with Gasteiger partial charge in [0.05, 0.1) is 5.54 Å². The predicted molar refractivity (Wildman–Crippen MR) is 70.0 cm³/mol. The Balaban J connectivity index is 2.23. The summed E-state index contributed by atoms with van der Waals surface area (Å²) in [7, 11) is 2.05. The molecule has 0 aromatic carbocycles. The highest BCUT2D eigenvalue weighted by atomic mass is 16.2. The van der Waals surface area contributed by atoms with Gasteiger partial charge >= 0.3 is 0 Å². The van der Waals surface area contributed by atoms with Crippen LogP contribution in [0.2, 0.25) is 0 Å². The molecule has 3 N–H and O–H groups in total. The molecular formula is C12H24N4O2. The van der Waals surface area contributed by atoms with Crippen LogP contribution in [0.1, 0.15) is 20.3 Å². The Morgan fingerprint density at radius 3 is 2.28 bits per heavy atom. The summed E-state index contributed by atoms with van der Waals surface area (Å²) < 4.78 is 0. The first-order chi connectivity index (χ1) is 8.30. The molecule has 0 aromatic heterocycles. The van der Waals surface area contributed by atoms with Crippen molar-refractivity contribution in [1.29, 1.82) is 0 Å². The third-order valence-corrected chi connectivity index (χ3v) is 3.07. The van der Waals surface area contributed by atoms with Crippen molar-refractivity contribution in [3.05, 3.63) is 0 Å². The summed E-state index contributed by atoms with van der Waals surface area (Å²) in [6.07, 6.45) is 0.339. The van der Waals surface area contributed by atoms with Crippen molar-refractivity contribution in [3.63, 3.8) is 0 Å². The van der Waals surface area contributed by atoms with Gasteiger partial charge in [0.15, 0.2) is 0 Å². The molecule has 104 valence electrons. The zero-order chi connectivity index (χ0) is 13.8. The highest BCUT2D eigenvalue weighted by Crippen LogP contribution is 2.02. The molecule has 0 saturated carbocycles. The number of carbonyl (C=O) groups excluding carboxylic acids is 2. The summed E-state index contributed by atoms with van der Waals surface area (Å²) in [4.78, 5) is 27.4. The third-order valence-electron chi connectivity index (χ3n) is 3.07. The smallest absolute Gasteiger partial charge is 0.239 e. The maximum atomic E-state index is 11.9.